The van der Waals surface area contributed by atoms with Crippen molar-refractivity contribution in [3.63, 3.8) is 0 Å². The van der Waals surface area contributed by atoms with Gasteiger partial charge in [0.05, 0.1) is 0 Å². The molecule has 122 valence electrons. The van der Waals surface area contributed by atoms with E-state index in [0.717, 1.165) is 13.1 Å². The zero-order valence-corrected chi connectivity index (χ0v) is 14.3. The summed E-state index contributed by atoms with van der Waals surface area (Å²) in [5.74, 6) is 0. The number of aryl methyl sites for hydroxylation is 2. The molecule has 0 saturated carbocycles. The molecule has 0 heterocycles. The largest absolute Gasteiger partial charge is 0.381 e. The van der Waals surface area contributed by atoms with E-state index < -0.39 is 0 Å². The van der Waals surface area contributed by atoms with E-state index in [-0.39, 0.29) is 0 Å². The van der Waals surface area contributed by atoms with Crippen LogP contribution in [0.4, 0.5) is 11.4 Å². The molecule has 2 heteroatoms. The third kappa shape index (κ3) is 4.17. The number of rotatable bonds is 6. The molecule has 0 aromatic heterocycles. The molecular formula is C22H24N2. The molecule has 3 aromatic rings. The van der Waals surface area contributed by atoms with Gasteiger partial charge in [-0.1, -0.05) is 60.7 Å². The molecule has 0 fully saturated rings. The van der Waals surface area contributed by atoms with E-state index in [0.29, 0.717) is 0 Å². The van der Waals surface area contributed by atoms with Crippen LogP contribution in [0.5, 0.6) is 0 Å². The highest BCUT2D eigenvalue weighted by Gasteiger charge is 1.99. The molecule has 3 aromatic carbocycles. The van der Waals surface area contributed by atoms with Gasteiger partial charge >= 0.3 is 0 Å². The Bertz CT molecular complexity index is 723. The third-order valence-corrected chi connectivity index (χ3v) is 4.28. The summed E-state index contributed by atoms with van der Waals surface area (Å²) in [6, 6.07) is 25.5. The smallest absolute Gasteiger partial charge is 0.0400 e. The zero-order chi connectivity index (χ0) is 16.8. The molecule has 0 unspecified atom stereocenters. The second-order valence-electron chi connectivity index (χ2n) is 6.15. The molecule has 0 aliphatic rings. The fourth-order valence-electron chi connectivity index (χ4n) is 2.71. The molecule has 0 aliphatic heterocycles. The van der Waals surface area contributed by atoms with Crippen LogP contribution in [-0.2, 0) is 13.1 Å². The van der Waals surface area contributed by atoms with Gasteiger partial charge in [-0.15, -0.1) is 0 Å². The molecule has 0 saturated heterocycles. The standard InChI is InChI=1S/C22H24N2/c1-17-7-3-5-9-21(17)23-15-19-11-13-20(14-12-19)16-24-22-10-6-4-8-18(22)2/h3-14,23-24H,15-16H2,1-2H3. The number of anilines is 2. The van der Waals surface area contributed by atoms with Gasteiger partial charge in [-0.25, -0.2) is 0 Å². The molecule has 0 aliphatic carbocycles. The minimum Gasteiger partial charge on any atom is -0.381 e. The summed E-state index contributed by atoms with van der Waals surface area (Å²) in [4.78, 5) is 0. The quantitative estimate of drug-likeness (QED) is 0.625. The minimum atomic E-state index is 0.844. The zero-order valence-electron chi connectivity index (χ0n) is 14.3. The van der Waals surface area contributed by atoms with E-state index in [9.17, 15) is 0 Å². The molecule has 0 atom stereocenters. The van der Waals surface area contributed by atoms with Crippen molar-refractivity contribution in [2.24, 2.45) is 0 Å². The molecule has 2 N–H and O–H groups in total. The molecule has 0 bridgehead atoms. The number of hydrogen-bond donors (Lipinski definition) is 2. The summed E-state index contributed by atoms with van der Waals surface area (Å²) in [6.07, 6.45) is 0. The normalized spacial score (nSPS) is 10.4. The summed E-state index contributed by atoms with van der Waals surface area (Å²) in [5, 5.41) is 7.00. The van der Waals surface area contributed by atoms with Crippen LogP contribution in [0.25, 0.3) is 0 Å². The van der Waals surface area contributed by atoms with Crippen molar-refractivity contribution < 1.29 is 0 Å². The van der Waals surface area contributed by atoms with Crippen molar-refractivity contribution in [3.8, 4) is 0 Å². The Labute approximate surface area is 144 Å². The summed E-state index contributed by atoms with van der Waals surface area (Å²) >= 11 is 0. The summed E-state index contributed by atoms with van der Waals surface area (Å²) in [5.41, 5.74) is 7.52. The third-order valence-electron chi connectivity index (χ3n) is 4.28. The van der Waals surface area contributed by atoms with E-state index in [2.05, 4.69) is 97.3 Å². The first-order chi connectivity index (χ1) is 11.7. The first kappa shape index (κ1) is 16.1. The van der Waals surface area contributed by atoms with Crippen LogP contribution in [0.2, 0.25) is 0 Å². The molecule has 0 spiro atoms. The first-order valence-corrected chi connectivity index (χ1v) is 8.39. The molecule has 2 nitrogen and oxygen atoms in total. The van der Waals surface area contributed by atoms with Crippen molar-refractivity contribution in [2.45, 2.75) is 26.9 Å². The molecular weight excluding hydrogens is 292 g/mol. The van der Waals surface area contributed by atoms with E-state index in [1.54, 1.807) is 0 Å². The fourth-order valence-corrected chi connectivity index (χ4v) is 2.71. The Hall–Kier alpha value is -2.74. The van der Waals surface area contributed by atoms with Gasteiger partial charge in [0.25, 0.3) is 0 Å². The highest BCUT2D eigenvalue weighted by Crippen LogP contribution is 2.16. The van der Waals surface area contributed by atoms with Crippen LogP contribution in [0.15, 0.2) is 72.8 Å². The maximum Gasteiger partial charge on any atom is 0.0400 e. The number of hydrogen-bond acceptors (Lipinski definition) is 2. The minimum absolute atomic E-state index is 0.844. The molecule has 0 amide bonds. The monoisotopic (exact) mass is 316 g/mol. The van der Waals surface area contributed by atoms with Crippen molar-refractivity contribution in [1.82, 2.24) is 0 Å². The van der Waals surface area contributed by atoms with Crippen LogP contribution >= 0.6 is 0 Å². The van der Waals surface area contributed by atoms with Crippen molar-refractivity contribution in [2.75, 3.05) is 10.6 Å². The Balaban J connectivity index is 1.55. The Morgan fingerprint density at radius 3 is 1.29 bits per heavy atom. The lowest BCUT2D eigenvalue weighted by molar-refractivity contribution is 1.10. The average Bonchev–Trinajstić information content (AvgIpc) is 2.61. The van der Waals surface area contributed by atoms with Gasteiger partial charge in [0.1, 0.15) is 0 Å². The Morgan fingerprint density at radius 1 is 0.542 bits per heavy atom. The SMILES string of the molecule is Cc1ccccc1NCc1ccc(CNc2ccccc2C)cc1. The lowest BCUT2D eigenvalue weighted by Gasteiger charge is -2.11. The summed E-state index contributed by atoms with van der Waals surface area (Å²) < 4.78 is 0. The second-order valence-corrected chi connectivity index (χ2v) is 6.15. The molecule has 24 heavy (non-hydrogen) atoms. The topological polar surface area (TPSA) is 24.1 Å². The van der Waals surface area contributed by atoms with Crippen LogP contribution in [0, 0.1) is 13.8 Å². The Kier molecular flexibility index (Phi) is 5.17. The number of nitrogens with one attached hydrogen (secondary N) is 2. The van der Waals surface area contributed by atoms with Crippen molar-refractivity contribution in [1.29, 1.82) is 0 Å². The van der Waals surface area contributed by atoms with Crippen LogP contribution in [-0.4, -0.2) is 0 Å². The van der Waals surface area contributed by atoms with Gasteiger partial charge in [-0.05, 0) is 48.2 Å². The van der Waals surface area contributed by atoms with Gasteiger partial charge in [0.2, 0.25) is 0 Å². The van der Waals surface area contributed by atoms with Gasteiger partial charge in [0.15, 0.2) is 0 Å². The maximum atomic E-state index is 3.50. The van der Waals surface area contributed by atoms with E-state index in [1.807, 2.05) is 0 Å². The van der Waals surface area contributed by atoms with Crippen molar-refractivity contribution >= 4 is 11.4 Å². The van der Waals surface area contributed by atoms with Gasteiger partial charge in [-0.2, -0.15) is 0 Å². The summed E-state index contributed by atoms with van der Waals surface area (Å²) in [6.45, 7) is 5.94. The van der Waals surface area contributed by atoms with Gasteiger partial charge in [-0.3, -0.25) is 0 Å². The fraction of sp³-hybridized carbons (Fsp3) is 0.182. The first-order valence-electron chi connectivity index (χ1n) is 8.39. The van der Waals surface area contributed by atoms with Gasteiger partial charge in [0, 0.05) is 24.5 Å². The number of benzene rings is 3. The maximum absolute atomic E-state index is 3.50. The predicted molar refractivity (Wildman–Crippen MR) is 103 cm³/mol. The summed E-state index contributed by atoms with van der Waals surface area (Å²) in [7, 11) is 0. The van der Waals surface area contributed by atoms with E-state index >= 15 is 0 Å². The van der Waals surface area contributed by atoms with Crippen LogP contribution < -0.4 is 10.6 Å². The number of para-hydroxylation sites is 2. The highest BCUT2D eigenvalue weighted by molar-refractivity contribution is 5.51. The highest BCUT2D eigenvalue weighted by atomic mass is 14.9. The van der Waals surface area contributed by atoms with Crippen LogP contribution in [0.3, 0.4) is 0 Å². The molecule has 0 radical (unpaired) electrons. The van der Waals surface area contributed by atoms with E-state index in [1.165, 1.54) is 33.6 Å². The van der Waals surface area contributed by atoms with E-state index in [4.69, 9.17) is 0 Å². The molecule has 3 rings (SSSR count). The van der Waals surface area contributed by atoms with Crippen molar-refractivity contribution in [3.05, 3.63) is 95.1 Å². The lowest BCUT2D eigenvalue weighted by Crippen LogP contribution is -2.03. The van der Waals surface area contributed by atoms with Crippen LogP contribution in [0.1, 0.15) is 22.3 Å². The lowest BCUT2D eigenvalue weighted by atomic mass is 10.1. The van der Waals surface area contributed by atoms with Gasteiger partial charge < -0.3 is 10.6 Å². The second kappa shape index (κ2) is 7.69. The predicted octanol–water partition coefficient (Wildman–Crippen LogP) is 5.53. The average molecular weight is 316 g/mol. The Morgan fingerprint density at radius 2 is 0.917 bits per heavy atom.